The number of aromatic nitrogens is 1. The Labute approximate surface area is 110 Å². The van der Waals surface area contributed by atoms with Crippen molar-refractivity contribution in [1.29, 1.82) is 0 Å². The highest BCUT2D eigenvalue weighted by Gasteiger charge is 2.17. The van der Waals surface area contributed by atoms with Crippen molar-refractivity contribution < 1.29 is 14.7 Å². The van der Waals surface area contributed by atoms with E-state index in [0.29, 0.717) is 19.4 Å². The van der Waals surface area contributed by atoms with Crippen molar-refractivity contribution in [2.24, 2.45) is 5.92 Å². The van der Waals surface area contributed by atoms with Gasteiger partial charge in [0, 0.05) is 31.0 Å². The van der Waals surface area contributed by atoms with Gasteiger partial charge in [-0.05, 0) is 5.92 Å². The first-order valence-corrected chi connectivity index (χ1v) is 6.75. The van der Waals surface area contributed by atoms with Crippen molar-refractivity contribution in [2.75, 3.05) is 13.1 Å². The van der Waals surface area contributed by atoms with Gasteiger partial charge in [-0.3, -0.25) is 9.59 Å². The highest BCUT2D eigenvalue weighted by molar-refractivity contribution is 7.09. The van der Waals surface area contributed by atoms with Gasteiger partial charge in [-0.25, -0.2) is 4.98 Å². The van der Waals surface area contributed by atoms with Crippen LogP contribution in [-0.4, -0.2) is 40.0 Å². The van der Waals surface area contributed by atoms with Crippen LogP contribution in [0.4, 0.5) is 0 Å². The van der Waals surface area contributed by atoms with Gasteiger partial charge in [0.15, 0.2) is 0 Å². The van der Waals surface area contributed by atoms with E-state index in [4.69, 9.17) is 5.11 Å². The lowest BCUT2D eigenvalue weighted by Crippen LogP contribution is -2.38. The molecule has 6 heteroatoms. The molecule has 0 atom stereocenters. The third kappa shape index (κ3) is 5.27. The molecule has 0 saturated heterocycles. The average Bonchev–Trinajstić information content (AvgIpc) is 2.76. The topological polar surface area (TPSA) is 70.5 Å². The van der Waals surface area contributed by atoms with Gasteiger partial charge in [0.2, 0.25) is 5.91 Å². The smallest absolute Gasteiger partial charge is 0.323 e. The highest BCUT2D eigenvalue weighted by Crippen LogP contribution is 2.09. The Hall–Kier alpha value is -1.43. The minimum atomic E-state index is -0.974. The molecule has 0 spiro atoms. The van der Waals surface area contributed by atoms with Crippen LogP contribution in [0, 0.1) is 5.92 Å². The molecule has 0 aliphatic rings. The van der Waals surface area contributed by atoms with Crippen molar-refractivity contribution >= 4 is 23.2 Å². The van der Waals surface area contributed by atoms with Crippen LogP contribution < -0.4 is 0 Å². The maximum absolute atomic E-state index is 11.9. The zero-order valence-electron chi connectivity index (χ0n) is 10.6. The molecule has 0 unspecified atom stereocenters. The second-order valence-electron chi connectivity index (χ2n) is 4.49. The molecule has 0 bridgehead atoms. The number of nitrogens with zero attached hydrogens (tertiary/aromatic N) is 2. The number of amides is 1. The molecular formula is C12H18N2O3S. The fourth-order valence-corrected chi connectivity index (χ4v) is 2.23. The summed E-state index contributed by atoms with van der Waals surface area (Å²) in [4.78, 5) is 28.2. The van der Waals surface area contributed by atoms with Crippen molar-refractivity contribution in [1.82, 2.24) is 9.88 Å². The van der Waals surface area contributed by atoms with Crippen LogP contribution in [0.1, 0.15) is 25.3 Å². The Morgan fingerprint density at radius 2 is 2.22 bits per heavy atom. The molecule has 5 nitrogen and oxygen atoms in total. The molecular weight excluding hydrogens is 252 g/mol. The van der Waals surface area contributed by atoms with E-state index < -0.39 is 5.97 Å². The summed E-state index contributed by atoms with van der Waals surface area (Å²) in [5.74, 6) is -0.840. The summed E-state index contributed by atoms with van der Waals surface area (Å²) >= 11 is 1.51. The number of hydrogen-bond donors (Lipinski definition) is 1. The summed E-state index contributed by atoms with van der Waals surface area (Å²) in [6, 6.07) is 0. The minimum Gasteiger partial charge on any atom is -0.480 e. The summed E-state index contributed by atoms with van der Waals surface area (Å²) in [6.45, 7) is 4.17. The Bertz CT molecular complexity index is 390. The minimum absolute atomic E-state index is 0.124. The van der Waals surface area contributed by atoms with Gasteiger partial charge in [0.1, 0.15) is 6.54 Å². The van der Waals surface area contributed by atoms with Crippen LogP contribution >= 0.6 is 11.3 Å². The van der Waals surface area contributed by atoms with Crippen LogP contribution in [-0.2, 0) is 16.0 Å². The number of aliphatic carboxylic acids is 1. The van der Waals surface area contributed by atoms with Crippen LogP contribution in [0.3, 0.4) is 0 Å². The Kier molecular flexibility index (Phi) is 5.77. The first-order valence-electron chi connectivity index (χ1n) is 5.87. The summed E-state index contributed by atoms with van der Waals surface area (Å²) in [7, 11) is 0. The van der Waals surface area contributed by atoms with E-state index in [1.54, 1.807) is 6.20 Å². The molecule has 0 saturated carbocycles. The lowest BCUT2D eigenvalue weighted by atomic mass is 10.2. The lowest BCUT2D eigenvalue weighted by molar-refractivity contribution is -0.144. The normalized spacial score (nSPS) is 10.6. The molecule has 1 amide bonds. The van der Waals surface area contributed by atoms with Gasteiger partial charge in [-0.1, -0.05) is 13.8 Å². The standard InChI is InChI=1S/C12H18N2O3S/c1-9(2)7-14(8-12(16)17)11(15)4-3-10-13-5-6-18-10/h5-6,9H,3-4,7-8H2,1-2H3,(H,16,17). The second kappa shape index (κ2) is 7.10. The molecule has 1 heterocycles. The number of rotatable bonds is 7. The zero-order valence-corrected chi connectivity index (χ0v) is 11.4. The fraction of sp³-hybridized carbons (Fsp3) is 0.583. The third-order valence-corrected chi connectivity index (χ3v) is 3.14. The van der Waals surface area contributed by atoms with Gasteiger partial charge in [0.05, 0.1) is 5.01 Å². The fourth-order valence-electron chi connectivity index (χ4n) is 1.61. The van der Waals surface area contributed by atoms with Crippen LogP contribution in [0.2, 0.25) is 0 Å². The van der Waals surface area contributed by atoms with Crippen LogP contribution in [0.15, 0.2) is 11.6 Å². The van der Waals surface area contributed by atoms with E-state index in [1.165, 1.54) is 16.2 Å². The molecule has 1 aromatic rings. The first-order chi connectivity index (χ1) is 8.49. The SMILES string of the molecule is CC(C)CN(CC(=O)O)C(=O)CCc1nccs1. The van der Waals surface area contributed by atoms with E-state index in [1.807, 2.05) is 19.2 Å². The Morgan fingerprint density at radius 3 is 2.72 bits per heavy atom. The summed E-state index contributed by atoms with van der Waals surface area (Å²) in [5.41, 5.74) is 0. The van der Waals surface area contributed by atoms with E-state index in [2.05, 4.69) is 4.98 Å². The van der Waals surface area contributed by atoms with Gasteiger partial charge < -0.3 is 10.0 Å². The monoisotopic (exact) mass is 270 g/mol. The summed E-state index contributed by atoms with van der Waals surface area (Å²) < 4.78 is 0. The highest BCUT2D eigenvalue weighted by atomic mass is 32.1. The van der Waals surface area contributed by atoms with Gasteiger partial charge >= 0.3 is 5.97 Å². The lowest BCUT2D eigenvalue weighted by Gasteiger charge is -2.22. The quantitative estimate of drug-likeness (QED) is 0.817. The van der Waals surface area contributed by atoms with Gasteiger partial charge in [-0.15, -0.1) is 11.3 Å². The Balaban J connectivity index is 2.50. The molecule has 0 aromatic carbocycles. The number of thiazole rings is 1. The van der Waals surface area contributed by atoms with Gasteiger partial charge in [-0.2, -0.15) is 0 Å². The molecule has 0 aliphatic heterocycles. The third-order valence-electron chi connectivity index (χ3n) is 2.30. The van der Waals surface area contributed by atoms with E-state index >= 15 is 0 Å². The van der Waals surface area contributed by atoms with Crippen molar-refractivity contribution in [3.8, 4) is 0 Å². The number of carboxylic acid groups (broad SMARTS) is 1. The molecule has 1 aromatic heterocycles. The van der Waals surface area contributed by atoms with Crippen molar-refractivity contribution in [3.05, 3.63) is 16.6 Å². The number of carbonyl (C=O) groups is 2. The maximum Gasteiger partial charge on any atom is 0.323 e. The molecule has 0 fully saturated rings. The van der Waals surface area contributed by atoms with E-state index in [9.17, 15) is 9.59 Å². The summed E-state index contributed by atoms with van der Waals surface area (Å²) in [5, 5.41) is 11.6. The number of carbonyl (C=O) groups excluding carboxylic acids is 1. The molecule has 1 rings (SSSR count). The van der Waals surface area contributed by atoms with Crippen molar-refractivity contribution in [2.45, 2.75) is 26.7 Å². The number of aryl methyl sites for hydroxylation is 1. The first kappa shape index (κ1) is 14.6. The maximum atomic E-state index is 11.9. The average molecular weight is 270 g/mol. The van der Waals surface area contributed by atoms with Crippen LogP contribution in [0.25, 0.3) is 0 Å². The van der Waals surface area contributed by atoms with E-state index in [0.717, 1.165) is 5.01 Å². The molecule has 0 aliphatic carbocycles. The molecule has 0 radical (unpaired) electrons. The molecule has 1 N–H and O–H groups in total. The van der Waals surface area contributed by atoms with Crippen LogP contribution in [0.5, 0.6) is 0 Å². The number of hydrogen-bond acceptors (Lipinski definition) is 4. The summed E-state index contributed by atoms with van der Waals surface area (Å²) in [6.07, 6.45) is 2.59. The zero-order chi connectivity index (χ0) is 13.5. The predicted molar refractivity (Wildman–Crippen MR) is 69.5 cm³/mol. The van der Waals surface area contributed by atoms with Crippen molar-refractivity contribution in [3.63, 3.8) is 0 Å². The Morgan fingerprint density at radius 1 is 1.50 bits per heavy atom. The van der Waals surface area contributed by atoms with E-state index in [-0.39, 0.29) is 18.4 Å². The predicted octanol–water partition coefficient (Wildman–Crippen LogP) is 1.64. The largest absolute Gasteiger partial charge is 0.480 e. The molecule has 100 valence electrons. The van der Waals surface area contributed by atoms with Gasteiger partial charge in [0.25, 0.3) is 0 Å². The number of carboxylic acids is 1. The molecule has 18 heavy (non-hydrogen) atoms. The second-order valence-corrected chi connectivity index (χ2v) is 5.47.